The molecule has 0 spiro atoms. The van der Waals surface area contributed by atoms with Gasteiger partial charge >= 0.3 is 21.7 Å². The van der Waals surface area contributed by atoms with E-state index in [4.69, 9.17) is 4.98 Å². The summed E-state index contributed by atoms with van der Waals surface area (Å²) in [7, 11) is 0.576. The normalized spacial score (nSPS) is 24.3. The smallest absolute Gasteiger partial charge is 0.660 e. The first-order valence-electron chi connectivity index (χ1n) is 10.3. The number of rotatable bonds is 4. The van der Waals surface area contributed by atoms with Crippen molar-refractivity contribution in [3.8, 4) is 0 Å². The maximum absolute atomic E-state index is 5.34. The fraction of sp³-hybridized carbons (Fsp3) is 0.500. The molecule has 1 aromatic rings. The third-order valence-electron chi connectivity index (χ3n) is 5.82. The van der Waals surface area contributed by atoms with Crippen molar-refractivity contribution in [3.63, 3.8) is 0 Å². The van der Waals surface area contributed by atoms with E-state index in [1.54, 1.807) is 6.92 Å². The SMILES string of the molecule is CN(c1ccccc1)C1CC([Si](C)(C)[N-]C(C)(C)C)C2C=CC=CC21.[CH2-]C.[CH3-].[CH3-].[Ti+4]. The maximum atomic E-state index is 5.34. The maximum Gasteiger partial charge on any atom is 4.00 e. The fourth-order valence-corrected chi connectivity index (χ4v) is 8.97. The molecule has 1 saturated carbocycles. The summed E-state index contributed by atoms with van der Waals surface area (Å²) < 4.78 is 0. The minimum Gasteiger partial charge on any atom is -0.660 e. The van der Waals surface area contributed by atoms with Crippen molar-refractivity contribution < 1.29 is 21.7 Å². The second-order valence-electron chi connectivity index (χ2n) is 9.22. The molecule has 0 saturated heterocycles. The number of hydrogen-bond acceptors (Lipinski definition) is 1. The molecule has 0 aromatic heterocycles. The van der Waals surface area contributed by atoms with Gasteiger partial charge in [0.05, 0.1) is 0 Å². The van der Waals surface area contributed by atoms with Crippen LogP contribution in [0.15, 0.2) is 54.6 Å². The Labute approximate surface area is 204 Å². The topological polar surface area (TPSA) is 17.3 Å². The summed E-state index contributed by atoms with van der Waals surface area (Å²) in [4.78, 5) is 7.85. The summed E-state index contributed by atoms with van der Waals surface area (Å²) in [6.07, 6.45) is 10.6. The van der Waals surface area contributed by atoms with Crippen LogP contribution in [0, 0.1) is 33.6 Å². The minimum atomic E-state index is -1.69. The standard InChI is InChI=1S/C22H33N2Si.C2H5.2CH3.Ti/c1-22(2,3)23-25(5,6)21-16-20(18-14-10-11-15-19(18)21)24(4)17-12-8-7-9-13-17;1-2;;;/h7-15,18-21H,16H2,1-6H3;1H2,2H3;2*1H3;/q4*-1;+4. The Morgan fingerprint density at radius 1 is 0.967 bits per heavy atom. The van der Waals surface area contributed by atoms with E-state index in [0.29, 0.717) is 23.4 Å². The van der Waals surface area contributed by atoms with E-state index in [9.17, 15) is 0 Å². The molecule has 0 bridgehead atoms. The minimum absolute atomic E-state index is 0. The molecule has 3 rings (SSSR count). The monoisotopic (exact) mass is 460 g/mol. The Kier molecular flexibility index (Phi) is 13.7. The molecule has 0 N–H and O–H groups in total. The van der Waals surface area contributed by atoms with Gasteiger partial charge in [-0.25, -0.2) is 0 Å². The molecule has 2 aliphatic carbocycles. The predicted molar refractivity (Wildman–Crippen MR) is 137 cm³/mol. The zero-order valence-corrected chi connectivity index (χ0v) is 23.4. The van der Waals surface area contributed by atoms with Gasteiger partial charge in [-0.3, -0.25) is 0 Å². The molecule has 0 amide bonds. The van der Waals surface area contributed by atoms with E-state index >= 15 is 0 Å². The molecule has 4 atom stereocenters. The van der Waals surface area contributed by atoms with Crippen molar-refractivity contribution in [2.75, 3.05) is 11.9 Å². The van der Waals surface area contributed by atoms with Crippen LogP contribution in [0.4, 0.5) is 5.69 Å². The Bertz CT molecular complexity index is 649. The van der Waals surface area contributed by atoms with Crippen LogP contribution >= 0.6 is 0 Å². The van der Waals surface area contributed by atoms with Gasteiger partial charge < -0.3 is 31.7 Å². The van der Waals surface area contributed by atoms with Crippen LogP contribution in [0.5, 0.6) is 0 Å². The van der Waals surface area contributed by atoms with Crippen molar-refractivity contribution in [1.82, 2.24) is 0 Å². The number of nitrogens with zero attached hydrogens (tertiary/aromatic N) is 2. The summed E-state index contributed by atoms with van der Waals surface area (Å²) in [5.74, 6) is 1.23. The zero-order valence-electron chi connectivity index (χ0n) is 20.8. The second-order valence-corrected chi connectivity index (χ2v) is 13.5. The number of benzene rings is 1. The fourth-order valence-electron chi connectivity index (χ4n) is 4.98. The number of hydrogen-bond donors (Lipinski definition) is 0. The van der Waals surface area contributed by atoms with E-state index in [-0.39, 0.29) is 42.1 Å². The van der Waals surface area contributed by atoms with Crippen LogP contribution in [-0.4, -0.2) is 26.9 Å². The molecule has 30 heavy (non-hydrogen) atoms. The molecule has 2 aliphatic rings. The van der Waals surface area contributed by atoms with Crippen molar-refractivity contribution in [3.05, 3.63) is 81.4 Å². The molecule has 0 aliphatic heterocycles. The first kappa shape index (κ1) is 31.6. The van der Waals surface area contributed by atoms with Crippen LogP contribution in [0.25, 0.3) is 4.98 Å². The largest absolute Gasteiger partial charge is 4.00 e. The average molecular weight is 461 g/mol. The van der Waals surface area contributed by atoms with Crippen molar-refractivity contribution in [1.29, 1.82) is 0 Å². The zero-order chi connectivity index (χ0) is 20.2. The van der Waals surface area contributed by atoms with Gasteiger partial charge in [0.2, 0.25) is 0 Å². The molecule has 1 fully saturated rings. The van der Waals surface area contributed by atoms with Crippen molar-refractivity contribution >= 4 is 13.9 Å². The van der Waals surface area contributed by atoms with Crippen molar-refractivity contribution in [2.24, 2.45) is 11.8 Å². The van der Waals surface area contributed by atoms with E-state index in [0.717, 1.165) is 0 Å². The summed E-state index contributed by atoms with van der Waals surface area (Å²) in [6, 6.07) is 11.4. The summed E-state index contributed by atoms with van der Waals surface area (Å²) in [5, 5.41) is 0. The molecule has 1 aromatic carbocycles. The second kappa shape index (κ2) is 13.1. The van der Waals surface area contributed by atoms with Gasteiger partial charge in [0.15, 0.2) is 0 Å². The van der Waals surface area contributed by atoms with Crippen LogP contribution in [0.2, 0.25) is 18.6 Å². The first-order chi connectivity index (χ1) is 12.7. The number of para-hydroxylation sites is 1. The number of allylic oxidation sites excluding steroid dienone is 3. The van der Waals surface area contributed by atoms with Gasteiger partial charge in [-0.15, -0.1) is 5.54 Å². The Balaban J connectivity index is 0. The van der Waals surface area contributed by atoms with Gasteiger partial charge in [0.1, 0.15) is 0 Å². The van der Waals surface area contributed by atoms with E-state index in [2.05, 4.69) is 107 Å². The van der Waals surface area contributed by atoms with E-state index < -0.39 is 8.24 Å². The molecule has 0 radical (unpaired) electrons. The van der Waals surface area contributed by atoms with Gasteiger partial charge in [-0.2, -0.15) is 6.92 Å². The van der Waals surface area contributed by atoms with Crippen LogP contribution in [0.1, 0.15) is 34.1 Å². The Morgan fingerprint density at radius 3 is 1.97 bits per heavy atom. The summed E-state index contributed by atoms with van der Waals surface area (Å²) in [5.41, 5.74) is 2.08. The first-order valence-corrected chi connectivity index (χ1v) is 13.3. The molecule has 4 unspecified atom stereocenters. The van der Waals surface area contributed by atoms with Gasteiger partial charge in [0.25, 0.3) is 0 Å². The molecular weight excluding hydrogens is 416 g/mol. The molecule has 4 heteroatoms. The van der Waals surface area contributed by atoms with Crippen molar-refractivity contribution in [2.45, 2.75) is 64.3 Å². The summed E-state index contributed by atoms with van der Waals surface area (Å²) >= 11 is 0. The van der Waals surface area contributed by atoms with Gasteiger partial charge in [-0.05, 0) is 24.5 Å². The predicted octanol–water partition coefficient (Wildman–Crippen LogP) is 7.74. The van der Waals surface area contributed by atoms with Gasteiger partial charge in [-0.1, -0.05) is 90.1 Å². The quantitative estimate of drug-likeness (QED) is 0.332. The van der Waals surface area contributed by atoms with E-state index in [1.165, 1.54) is 12.1 Å². The van der Waals surface area contributed by atoms with E-state index in [1.807, 2.05) is 0 Å². The molecular formula is C26H44N2SiTi. The van der Waals surface area contributed by atoms with Crippen LogP contribution in [0.3, 0.4) is 0 Å². The van der Waals surface area contributed by atoms with Crippen LogP contribution in [-0.2, 0) is 21.7 Å². The third-order valence-corrected chi connectivity index (χ3v) is 9.50. The Morgan fingerprint density at radius 2 is 1.47 bits per heavy atom. The molecule has 0 heterocycles. The number of fused-ring (bicyclic) bond motifs is 1. The van der Waals surface area contributed by atoms with Crippen LogP contribution < -0.4 is 4.90 Å². The molecule has 2 nitrogen and oxygen atoms in total. The summed E-state index contributed by atoms with van der Waals surface area (Å²) in [6.45, 7) is 16.7. The molecule has 166 valence electrons. The Hall–Kier alpha value is -0.609. The van der Waals surface area contributed by atoms with Gasteiger partial charge in [0, 0.05) is 24.7 Å². The third kappa shape index (κ3) is 7.51. The average Bonchev–Trinajstić information content (AvgIpc) is 3.02. The number of anilines is 1.